The summed E-state index contributed by atoms with van der Waals surface area (Å²) >= 11 is 0. The van der Waals surface area contributed by atoms with Gasteiger partial charge in [0.25, 0.3) is 0 Å². The number of aryl methyl sites for hydroxylation is 1. The summed E-state index contributed by atoms with van der Waals surface area (Å²) < 4.78 is 10.3. The number of nitrogens with one attached hydrogen (secondary N) is 2. The fourth-order valence-electron chi connectivity index (χ4n) is 2.71. The third kappa shape index (κ3) is 4.09. The lowest BCUT2D eigenvalue weighted by Gasteiger charge is -2.17. The van der Waals surface area contributed by atoms with Crippen LogP contribution < -0.4 is 20.3 Å². The molecule has 0 unspecified atom stereocenters. The number of benzene rings is 1. The molecule has 1 aliphatic rings. The van der Waals surface area contributed by atoms with Gasteiger partial charge in [-0.05, 0) is 38.1 Å². The van der Waals surface area contributed by atoms with E-state index in [1.807, 2.05) is 31.2 Å². The monoisotopic (exact) mass is 344 g/mol. The highest BCUT2D eigenvalue weighted by molar-refractivity contribution is 5.97. The van der Waals surface area contributed by atoms with E-state index in [0.29, 0.717) is 24.7 Å². The zero-order valence-electron chi connectivity index (χ0n) is 14.1. The van der Waals surface area contributed by atoms with Gasteiger partial charge in [0.05, 0.1) is 12.6 Å². The van der Waals surface area contributed by atoms with E-state index in [2.05, 4.69) is 15.8 Å². The number of anilines is 2. The van der Waals surface area contributed by atoms with Gasteiger partial charge in [0, 0.05) is 24.7 Å². The molecule has 2 N–H and O–H groups in total. The maximum absolute atomic E-state index is 12.2. The van der Waals surface area contributed by atoms with Crippen molar-refractivity contribution < 1.29 is 18.8 Å². The van der Waals surface area contributed by atoms with Crippen LogP contribution in [0.25, 0.3) is 0 Å². The molecule has 8 nitrogen and oxygen atoms in total. The Morgan fingerprint density at radius 3 is 2.80 bits per heavy atom. The van der Waals surface area contributed by atoms with Gasteiger partial charge in [0.2, 0.25) is 5.91 Å². The molecule has 1 fully saturated rings. The second kappa shape index (κ2) is 7.25. The maximum atomic E-state index is 12.2. The van der Waals surface area contributed by atoms with E-state index >= 15 is 0 Å². The third-order valence-electron chi connectivity index (χ3n) is 3.79. The molecular formula is C17H20N4O4. The van der Waals surface area contributed by atoms with Gasteiger partial charge in [-0.2, -0.15) is 0 Å². The molecule has 0 bridgehead atoms. The summed E-state index contributed by atoms with van der Waals surface area (Å²) in [4.78, 5) is 25.9. The molecule has 1 aromatic heterocycles. The van der Waals surface area contributed by atoms with Gasteiger partial charge >= 0.3 is 6.03 Å². The minimum atomic E-state index is -0.417. The molecule has 0 aliphatic carbocycles. The standard InChI is InChI=1S/C17H20N4O4/c1-3-24-14-6-4-13(5-7-14)21-10-12(9-16(21)22)18-17(23)19-15-8-11(2)25-20-15/h4-8,12H,3,9-10H2,1-2H3,(H2,18,19,20,23)/t12-/m0/s1. The fourth-order valence-corrected chi connectivity index (χ4v) is 2.71. The first-order chi connectivity index (χ1) is 12.0. The molecule has 1 saturated heterocycles. The van der Waals surface area contributed by atoms with Gasteiger partial charge in [-0.1, -0.05) is 5.16 Å². The largest absolute Gasteiger partial charge is 0.494 e. The Labute approximate surface area is 145 Å². The molecule has 3 amide bonds. The summed E-state index contributed by atoms with van der Waals surface area (Å²) in [6.07, 6.45) is 0.248. The zero-order chi connectivity index (χ0) is 17.8. The molecule has 3 rings (SSSR count). The summed E-state index contributed by atoms with van der Waals surface area (Å²) in [7, 11) is 0. The lowest BCUT2D eigenvalue weighted by molar-refractivity contribution is -0.117. The number of aromatic nitrogens is 1. The number of carbonyl (C=O) groups is 2. The van der Waals surface area contributed by atoms with Gasteiger partial charge in [0.1, 0.15) is 11.5 Å². The number of amides is 3. The minimum Gasteiger partial charge on any atom is -0.494 e. The minimum absolute atomic E-state index is 0.0354. The third-order valence-corrected chi connectivity index (χ3v) is 3.79. The number of hydrogen-bond acceptors (Lipinski definition) is 5. The van der Waals surface area contributed by atoms with Crippen molar-refractivity contribution in [2.24, 2.45) is 0 Å². The van der Waals surface area contributed by atoms with E-state index in [9.17, 15) is 9.59 Å². The average molecular weight is 344 g/mol. The summed E-state index contributed by atoms with van der Waals surface area (Å²) in [6, 6.07) is 8.25. The number of hydrogen-bond donors (Lipinski definition) is 2. The lowest BCUT2D eigenvalue weighted by Crippen LogP contribution is -2.39. The van der Waals surface area contributed by atoms with Crippen molar-refractivity contribution in [2.45, 2.75) is 26.3 Å². The molecule has 0 saturated carbocycles. The van der Waals surface area contributed by atoms with E-state index < -0.39 is 6.03 Å². The Kier molecular flexibility index (Phi) is 4.87. The first kappa shape index (κ1) is 16.8. The van der Waals surface area contributed by atoms with E-state index in [-0.39, 0.29) is 18.4 Å². The Hall–Kier alpha value is -3.03. The number of rotatable bonds is 5. The SMILES string of the molecule is CCOc1ccc(N2C[C@@H](NC(=O)Nc3cc(C)on3)CC2=O)cc1. The molecule has 1 aliphatic heterocycles. The average Bonchev–Trinajstić information content (AvgIpc) is 3.14. The summed E-state index contributed by atoms with van der Waals surface area (Å²) in [5.41, 5.74) is 0.783. The molecule has 1 aromatic carbocycles. The fraction of sp³-hybridized carbons (Fsp3) is 0.353. The van der Waals surface area contributed by atoms with Gasteiger partial charge in [-0.25, -0.2) is 4.79 Å². The second-order valence-electron chi connectivity index (χ2n) is 5.75. The molecule has 2 heterocycles. The molecule has 25 heavy (non-hydrogen) atoms. The Bertz CT molecular complexity index is 756. The van der Waals surface area contributed by atoms with Crippen LogP contribution in [0.5, 0.6) is 5.75 Å². The molecule has 0 spiro atoms. The van der Waals surface area contributed by atoms with Crippen LogP contribution in [0.2, 0.25) is 0 Å². The van der Waals surface area contributed by atoms with Crippen LogP contribution in [0, 0.1) is 6.92 Å². The second-order valence-corrected chi connectivity index (χ2v) is 5.75. The first-order valence-electron chi connectivity index (χ1n) is 8.09. The topological polar surface area (TPSA) is 96.7 Å². The van der Waals surface area contributed by atoms with Crippen LogP contribution in [0.1, 0.15) is 19.1 Å². The molecule has 132 valence electrons. The van der Waals surface area contributed by atoms with Crippen molar-refractivity contribution in [2.75, 3.05) is 23.4 Å². The predicted octanol–water partition coefficient (Wildman–Crippen LogP) is 2.31. The van der Waals surface area contributed by atoms with E-state index in [4.69, 9.17) is 9.26 Å². The Morgan fingerprint density at radius 2 is 2.16 bits per heavy atom. The van der Waals surface area contributed by atoms with Gasteiger partial charge in [0.15, 0.2) is 5.82 Å². The van der Waals surface area contributed by atoms with Crippen molar-refractivity contribution in [3.8, 4) is 5.75 Å². The highest BCUT2D eigenvalue weighted by atomic mass is 16.5. The molecule has 1 atom stereocenters. The van der Waals surface area contributed by atoms with E-state index in [1.54, 1.807) is 17.9 Å². The van der Waals surface area contributed by atoms with Crippen LogP contribution in [0.15, 0.2) is 34.9 Å². The highest BCUT2D eigenvalue weighted by Crippen LogP contribution is 2.24. The van der Waals surface area contributed by atoms with Crippen molar-refractivity contribution in [1.82, 2.24) is 10.5 Å². The van der Waals surface area contributed by atoms with Crippen LogP contribution >= 0.6 is 0 Å². The van der Waals surface area contributed by atoms with E-state index in [1.165, 1.54) is 0 Å². The van der Waals surface area contributed by atoms with Crippen molar-refractivity contribution >= 4 is 23.4 Å². The number of ether oxygens (including phenoxy) is 1. The van der Waals surface area contributed by atoms with Crippen LogP contribution in [0.3, 0.4) is 0 Å². The van der Waals surface area contributed by atoms with Crippen LogP contribution in [-0.2, 0) is 4.79 Å². The van der Waals surface area contributed by atoms with Crippen LogP contribution in [0.4, 0.5) is 16.3 Å². The Morgan fingerprint density at radius 1 is 1.40 bits per heavy atom. The van der Waals surface area contributed by atoms with Crippen molar-refractivity contribution in [1.29, 1.82) is 0 Å². The molecule has 2 aromatic rings. The number of nitrogens with zero attached hydrogens (tertiary/aromatic N) is 2. The normalized spacial score (nSPS) is 16.8. The van der Waals surface area contributed by atoms with Crippen molar-refractivity contribution in [3.05, 3.63) is 36.1 Å². The number of urea groups is 1. The summed E-state index contributed by atoms with van der Waals surface area (Å²) in [6.45, 7) is 4.66. The maximum Gasteiger partial charge on any atom is 0.320 e. The predicted molar refractivity (Wildman–Crippen MR) is 91.8 cm³/mol. The Balaban J connectivity index is 1.57. The smallest absolute Gasteiger partial charge is 0.320 e. The van der Waals surface area contributed by atoms with Crippen molar-refractivity contribution in [3.63, 3.8) is 0 Å². The summed E-state index contributed by atoms with van der Waals surface area (Å²) in [5.74, 6) is 1.66. The molecular weight excluding hydrogens is 324 g/mol. The molecule has 8 heteroatoms. The van der Waals surface area contributed by atoms with E-state index in [0.717, 1.165) is 11.4 Å². The quantitative estimate of drug-likeness (QED) is 0.867. The highest BCUT2D eigenvalue weighted by Gasteiger charge is 2.31. The lowest BCUT2D eigenvalue weighted by atomic mass is 10.2. The van der Waals surface area contributed by atoms with Gasteiger partial charge in [-0.15, -0.1) is 0 Å². The zero-order valence-corrected chi connectivity index (χ0v) is 14.1. The van der Waals surface area contributed by atoms with Crippen LogP contribution in [-0.4, -0.2) is 36.3 Å². The molecule has 0 radical (unpaired) electrons. The number of carbonyl (C=O) groups excluding carboxylic acids is 2. The first-order valence-corrected chi connectivity index (χ1v) is 8.09. The van der Waals surface area contributed by atoms with Gasteiger partial charge < -0.3 is 19.5 Å². The summed E-state index contributed by atoms with van der Waals surface area (Å²) in [5, 5.41) is 9.05. The van der Waals surface area contributed by atoms with Gasteiger partial charge in [-0.3, -0.25) is 10.1 Å².